The van der Waals surface area contributed by atoms with Crippen molar-refractivity contribution in [3.63, 3.8) is 0 Å². The molecule has 4 nitrogen and oxygen atoms in total. The monoisotopic (exact) mass is 391 g/mol. The molecule has 4 rings (SSSR count). The third-order valence-corrected chi connectivity index (χ3v) is 6.02. The number of nitrogens with zero attached hydrogens (tertiary/aromatic N) is 1. The van der Waals surface area contributed by atoms with Gasteiger partial charge >= 0.3 is 5.63 Å². The first-order valence-corrected chi connectivity index (χ1v) is 10.7. The summed E-state index contributed by atoms with van der Waals surface area (Å²) in [4.78, 5) is 14.4. The van der Waals surface area contributed by atoms with E-state index < -0.39 is 0 Å². The second kappa shape index (κ2) is 8.32. The fraction of sp³-hybridized carbons (Fsp3) is 0.400. The summed E-state index contributed by atoms with van der Waals surface area (Å²) in [5.41, 5.74) is 4.87. The number of aryl methyl sites for hydroxylation is 1. The van der Waals surface area contributed by atoms with Crippen molar-refractivity contribution in [2.24, 2.45) is 0 Å². The van der Waals surface area contributed by atoms with Crippen molar-refractivity contribution in [2.75, 3.05) is 11.6 Å². The average molecular weight is 392 g/mol. The maximum Gasteiger partial charge on any atom is 0.336 e. The third kappa shape index (κ3) is 3.89. The summed E-state index contributed by atoms with van der Waals surface area (Å²) in [5.74, 6) is 1.36. The SMILES string of the molecule is CCCCc1cc(=O)oc2c3c(ccc12)OCN(c1ccc([C@@H](C)CC)cc1)C3. The Kier molecular flexibility index (Phi) is 5.61. The van der Waals surface area contributed by atoms with Gasteiger partial charge in [0.15, 0.2) is 6.73 Å². The minimum absolute atomic E-state index is 0.285. The Balaban J connectivity index is 1.69. The first kappa shape index (κ1) is 19.6. The summed E-state index contributed by atoms with van der Waals surface area (Å²) < 4.78 is 11.7. The standard InChI is InChI=1S/C25H29NO3/c1-4-6-7-19-14-24(27)29-25-21(19)12-13-23-22(25)15-26(16-28-23)20-10-8-18(9-11-20)17(3)5-2/h8-14,17H,4-7,15-16H2,1-3H3/t17-/m0/s1. The first-order valence-electron chi connectivity index (χ1n) is 10.7. The molecule has 0 fully saturated rings. The van der Waals surface area contributed by atoms with Crippen LogP contribution in [0.5, 0.6) is 5.75 Å². The van der Waals surface area contributed by atoms with Gasteiger partial charge < -0.3 is 14.1 Å². The lowest BCUT2D eigenvalue weighted by molar-refractivity contribution is 0.289. The highest BCUT2D eigenvalue weighted by Crippen LogP contribution is 2.35. The van der Waals surface area contributed by atoms with Crippen molar-refractivity contribution in [1.29, 1.82) is 0 Å². The van der Waals surface area contributed by atoms with Gasteiger partial charge in [-0.1, -0.05) is 39.3 Å². The Hall–Kier alpha value is -2.75. The number of unbranched alkanes of at least 4 members (excludes halogenated alkanes) is 1. The zero-order chi connectivity index (χ0) is 20.4. The summed E-state index contributed by atoms with van der Waals surface area (Å²) in [5, 5.41) is 1.02. The zero-order valence-corrected chi connectivity index (χ0v) is 17.5. The van der Waals surface area contributed by atoms with E-state index in [2.05, 4.69) is 49.9 Å². The average Bonchev–Trinajstić information content (AvgIpc) is 2.76. The van der Waals surface area contributed by atoms with Crippen LogP contribution in [0.1, 0.15) is 62.6 Å². The van der Waals surface area contributed by atoms with E-state index in [4.69, 9.17) is 9.15 Å². The summed E-state index contributed by atoms with van der Waals surface area (Å²) in [6, 6.07) is 14.4. The molecule has 4 heteroatoms. The van der Waals surface area contributed by atoms with Crippen molar-refractivity contribution in [2.45, 2.75) is 58.9 Å². The predicted molar refractivity (Wildman–Crippen MR) is 118 cm³/mol. The van der Waals surface area contributed by atoms with Crippen molar-refractivity contribution in [1.82, 2.24) is 0 Å². The molecule has 2 aromatic carbocycles. The lowest BCUT2D eigenvalue weighted by Crippen LogP contribution is -2.32. The number of hydrogen-bond donors (Lipinski definition) is 0. The molecule has 1 aromatic heterocycles. The van der Waals surface area contributed by atoms with Crippen LogP contribution >= 0.6 is 0 Å². The molecule has 3 aromatic rings. The van der Waals surface area contributed by atoms with Crippen molar-refractivity contribution in [3.8, 4) is 5.75 Å². The summed E-state index contributed by atoms with van der Waals surface area (Å²) >= 11 is 0. The number of benzene rings is 2. The molecular formula is C25H29NO3. The molecule has 0 unspecified atom stereocenters. The van der Waals surface area contributed by atoms with Gasteiger partial charge in [-0.15, -0.1) is 0 Å². The number of anilines is 1. The van der Waals surface area contributed by atoms with E-state index in [0.29, 0.717) is 24.8 Å². The normalized spacial score (nSPS) is 14.5. The van der Waals surface area contributed by atoms with E-state index in [-0.39, 0.29) is 5.63 Å². The fourth-order valence-corrected chi connectivity index (χ4v) is 3.99. The highest BCUT2D eigenvalue weighted by atomic mass is 16.5. The number of rotatable bonds is 6. The molecule has 0 amide bonds. The van der Waals surface area contributed by atoms with Crippen LogP contribution in [0, 0.1) is 0 Å². The van der Waals surface area contributed by atoms with Crippen LogP contribution < -0.4 is 15.3 Å². The van der Waals surface area contributed by atoms with E-state index >= 15 is 0 Å². The molecule has 0 radical (unpaired) electrons. The molecule has 0 saturated heterocycles. The minimum atomic E-state index is -0.285. The molecule has 0 saturated carbocycles. The molecule has 1 atom stereocenters. The van der Waals surface area contributed by atoms with Crippen molar-refractivity contribution in [3.05, 3.63) is 69.6 Å². The smallest absolute Gasteiger partial charge is 0.336 e. The van der Waals surface area contributed by atoms with Gasteiger partial charge in [-0.3, -0.25) is 0 Å². The molecule has 0 aliphatic carbocycles. The van der Waals surface area contributed by atoms with Crippen molar-refractivity contribution < 1.29 is 9.15 Å². The van der Waals surface area contributed by atoms with Gasteiger partial charge in [-0.2, -0.15) is 0 Å². The first-order chi connectivity index (χ1) is 14.1. The van der Waals surface area contributed by atoms with Gasteiger partial charge in [-0.25, -0.2) is 4.79 Å². The van der Waals surface area contributed by atoms with Crippen LogP contribution in [-0.2, 0) is 13.0 Å². The number of ether oxygens (including phenoxy) is 1. The Morgan fingerprint density at radius 1 is 1.10 bits per heavy atom. The lowest BCUT2D eigenvalue weighted by atomic mass is 9.98. The van der Waals surface area contributed by atoms with Crippen LogP contribution in [0.15, 0.2) is 51.7 Å². The lowest BCUT2D eigenvalue weighted by Gasteiger charge is -2.31. The summed E-state index contributed by atoms with van der Waals surface area (Å²) in [7, 11) is 0. The predicted octanol–water partition coefficient (Wildman–Crippen LogP) is 6.01. The fourth-order valence-electron chi connectivity index (χ4n) is 3.99. The minimum Gasteiger partial charge on any atom is -0.473 e. The second-order valence-electron chi connectivity index (χ2n) is 7.99. The summed E-state index contributed by atoms with van der Waals surface area (Å²) in [6.45, 7) is 7.77. The highest BCUT2D eigenvalue weighted by molar-refractivity contribution is 5.85. The number of hydrogen-bond acceptors (Lipinski definition) is 4. The largest absolute Gasteiger partial charge is 0.473 e. The molecular weight excluding hydrogens is 362 g/mol. The Bertz CT molecular complexity index is 1050. The van der Waals surface area contributed by atoms with E-state index in [1.165, 1.54) is 5.56 Å². The molecule has 152 valence electrons. The summed E-state index contributed by atoms with van der Waals surface area (Å²) in [6.07, 6.45) is 4.17. The van der Waals surface area contributed by atoms with Crippen LogP contribution in [0.25, 0.3) is 11.0 Å². The molecule has 29 heavy (non-hydrogen) atoms. The van der Waals surface area contributed by atoms with Crippen LogP contribution in [0.2, 0.25) is 0 Å². The Labute approximate surface area is 172 Å². The Morgan fingerprint density at radius 2 is 1.90 bits per heavy atom. The van der Waals surface area contributed by atoms with Gasteiger partial charge in [0.25, 0.3) is 0 Å². The molecule has 2 heterocycles. The third-order valence-electron chi connectivity index (χ3n) is 6.02. The second-order valence-corrected chi connectivity index (χ2v) is 7.99. The van der Waals surface area contributed by atoms with Gasteiger partial charge in [-0.05, 0) is 60.6 Å². The quantitative estimate of drug-likeness (QED) is 0.483. The van der Waals surface area contributed by atoms with E-state index in [1.54, 1.807) is 6.07 Å². The van der Waals surface area contributed by atoms with Crippen molar-refractivity contribution >= 4 is 16.7 Å². The van der Waals surface area contributed by atoms with Crippen LogP contribution in [0.3, 0.4) is 0 Å². The molecule has 0 spiro atoms. The van der Waals surface area contributed by atoms with Gasteiger partial charge in [0.1, 0.15) is 11.3 Å². The van der Waals surface area contributed by atoms with E-state index in [1.807, 2.05) is 12.1 Å². The number of fused-ring (bicyclic) bond motifs is 3. The molecule has 1 aliphatic rings. The van der Waals surface area contributed by atoms with Gasteiger partial charge in [0, 0.05) is 17.1 Å². The topological polar surface area (TPSA) is 42.7 Å². The molecule has 1 aliphatic heterocycles. The zero-order valence-electron chi connectivity index (χ0n) is 17.5. The Morgan fingerprint density at radius 3 is 2.62 bits per heavy atom. The molecule has 0 N–H and O–H groups in total. The maximum atomic E-state index is 12.2. The maximum absolute atomic E-state index is 12.2. The van der Waals surface area contributed by atoms with Gasteiger partial charge in [0.2, 0.25) is 0 Å². The van der Waals surface area contributed by atoms with Crippen LogP contribution in [-0.4, -0.2) is 6.73 Å². The van der Waals surface area contributed by atoms with Crippen LogP contribution in [0.4, 0.5) is 5.69 Å². The van der Waals surface area contributed by atoms with E-state index in [9.17, 15) is 4.79 Å². The molecule has 0 bridgehead atoms. The highest BCUT2D eigenvalue weighted by Gasteiger charge is 2.23. The van der Waals surface area contributed by atoms with E-state index in [0.717, 1.165) is 53.6 Å². The van der Waals surface area contributed by atoms with Gasteiger partial charge in [0.05, 0.1) is 12.1 Å².